The molecule has 3 rings (SSSR count). The Hall–Kier alpha value is -3.34. The second-order valence-electron chi connectivity index (χ2n) is 5.50. The van der Waals surface area contributed by atoms with Crippen LogP contribution in [-0.4, -0.2) is 21.1 Å². The third kappa shape index (κ3) is 4.57. The van der Waals surface area contributed by atoms with Gasteiger partial charge in [0.15, 0.2) is 5.75 Å². The SMILES string of the molecule is O=C(Cc1cccnc1)N(Cc1ccccc1O)Oc1ccccc1. The molecule has 0 saturated carbocycles. The van der Waals surface area contributed by atoms with Crippen molar-refractivity contribution in [3.63, 3.8) is 0 Å². The summed E-state index contributed by atoms with van der Waals surface area (Å²) in [6.45, 7) is 0.140. The van der Waals surface area contributed by atoms with E-state index in [1.807, 2.05) is 24.3 Å². The molecule has 2 aromatic carbocycles. The first-order valence-corrected chi connectivity index (χ1v) is 7.91. The van der Waals surface area contributed by atoms with Crippen molar-refractivity contribution >= 4 is 5.91 Å². The fraction of sp³-hybridized carbons (Fsp3) is 0.100. The minimum Gasteiger partial charge on any atom is -0.508 e. The summed E-state index contributed by atoms with van der Waals surface area (Å²) in [5.41, 5.74) is 1.41. The summed E-state index contributed by atoms with van der Waals surface area (Å²) >= 11 is 0. The van der Waals surface area contributed by atoms with Gasteiger partial charge < -0.3 is 9.94 Å². The zero-order chi connectivity index (χ0) is 17.5. The van der Waals surface area contributed by atoms with Gasteiger partial charge in [0.05, 0.1) is 13.0 Å². The predicted molar refractivity (Wildman–Crippen MR) is 93.7 cm³/mol. The number of aromatic hydroxyl groups is 1. The van der Waals surface area contributed by atoms with Crippen molar-refractivity contribution in [3.05, 3.63) is 90.3 Å². The van der Waals surface area contributed by atoms with Gasteiger partial charge in [0.25, 0.3) is 5.91 Å². The molecule has 0 aliphatic carbocycles. The van der Waals surface area contributed by atoms with Crippen LogP contribution in [-0.2, 0) is 17.8 Å². The van der Waals surface area contributed by atoms with Gasteiger partial charge in [-0.2, -0.15) is 5.06 Å². The van der Waals surface area contributed by atoms with Gasteiger partial charge in [-0.3, -0.25) is 9.78 Å². The van der Waals surface area contributed by atoms with Gasteiger partial charge in [-0.15, -0.1) is 0 Å². The Balaban J connectivity index is 1.80. The average molecular weight is 334 g/mol. The molecule has 25 heavy (non-hydrogen) atoms. The van der Waals surface area contributed by atoms with E-state index in [1.54, 1.807) is 54.9 Å². The van der Waals surface area contributed by atoms with Gasteiger partial charge in [-0.1, -0.05) is 42.5 Å². The molecule has 0 atom stereocenters. The summed E-state index contributed by atoms with van der Waals surface area (Å²) in [7, 11) is 0. The number of aromatic nitrogens is 1. The number of benzene rings is 2. The number of pyridine rings is 1. The Labute approximate surface area is 146 Å². The van der Waals surface area contributed by atoms with E-state index in [0.717, 1.165) is 5.56 Å². The first-order chi connectivity index (χ1) is 12.2. The van der Waals surface area contributed by atoms with E-state index in [9.17, 15) is 9.90 Å². The Morgan fingerprint density at radius 1 is 1.00 bits per heavy atom. The second kappa shape index (κ2) is 7.97. The van der Waals surface area contributed by atoms with E-state index in [4.69, 9.17) is 4.84 Å². The van der Waals surface area contributed by atoms with Crippen LogP contribution in [0, 0.1) is 0 Å². The minimum absolute atomic E-state index is 0.123. The van der Waals surface area contributed by atoms with E-state index in [-0.39, 0.29) is 24.6 Å². The average Bonchev–Trinajstić information content (AvgIpc) is 2.64. The Kier molecular flexibility index (Phi) is 5.26. The highest BCUT2D eigenvalue weighted by molar-refractivity contribution is 5.78. The number of hydrogen-bond acceptors (Lipinski definition) is 4. The lowest BCUT2D eigenvalue weighted by Gasteiger charge is -2.23. The number of hydrogen-bond donors (Lipinski definition) is 1. The number of carbonyl (C=O) groups is 1. The zero-order valence-corrected chi connectivity index (χ0v) is 13.6. The van der Waals surface area contributed by atoms with Gasteiger partial charge in [0.2, 0.25) is 0 Å². The number of rotatable bonds is 6. The quantitative estimate of drug-likeness (QED) is 0.702. The maximum Gasteiger partial charge on any atom is 0.259 e. The summed E-state index contributed by atoms with van der Waals surface area (Å²) in [4.78, 5) is 22.5. The number of phenols is 1. The number of carbonyl (C=O) groups excluding carboxylic acids is 1. The van der Waals surface area contributed by atoms with Crippen molar-refractivity contribution in [1.29, 1.82) is 0 Å². The third-order valence-corrected chi connectivity index (χ3v) is 3.62. The molecule has 0 bridgehead atoms. The first-order valence-electron chi connectivity index (χ1n) is 7.91. The second-order valence-corrected chi connectivity index (χ2v) is 5.50. The first kappa shape index (κ1) is 16.5. The van der Waals surface area contributed by atoms with Crippen molar-refractivity contribution in [2.45, 2.75) is 13.0 Å². The molecule has 0 aliphatic rings. The molecule has 3 aromatic rings. The molecule has 126 valence electrons. The maximum atomic E-state index is 12.7. The van der Waals surface area contributed by atoms with Gasteiger partial charge in [-0.25, -0.2) is 0 Å². The normalized spacial score (nSPS) is 10.2. The Morgan fingerprint density at radius 2 is 1.76 bits per heavy atom. The van der Waals surface area contributed by atoms with Gasteiger partial charge in [0.1, 0.15) is 5.75 Å². The number of nitrogens with zero attached hydrogens (tertiary/aromatic N) is 2. The molecule has 5 heteroatoms. The summed E-state index contributed by atoms with van der Waals surface area (Å²) in [6.07, 6.45) is 3.47. The molecule has 1 amide bonds. The predicted octanol–water partition coefficient (Wildman–Crippen LogP) is 3.35. The lowest BCUT2D eigenvalue weighted by molar-refractivity contribution is -0.158. The van der Waals surface area contributed by atoms with Crippen LogP contribution in [0.5, 0.6) is 11.5 Å². The highest BCUT2D eigenvalue weighted by Crippen LogP contribution is 2.20. The molecule has 0 unspecified atom stereocenters. The van der Waals surface area contributed by atoms with E-state index in [0.29, 0.717) is 11.3 Å². The molecule has 0 saturated heterocycles. The number of amides is 1. The number of para-hydroxylation sites is 2. The molecule has 0 spiro atoms. The number of hydroxylamine groups is 2. The number of phenolic OH excluding ortho intramolecular Hbond substituents is 1. The fourth-order valence-electron chi connectivity index (χ4n) is 2.34. The van der Waals surface area contributed by atoms with E-state index < -0.39 is 0 Å². The zero-order valence-electron chi connectivity index (χ0n) is 13.6. The molecule has 5 nitrogen and oxygen atoms in total. The summed E-state index contributed by atoms with van der Waals surface area (Å²) in [6, 6.07) is 19.6. The highest BCUT2D eigenvalue weighted by atomic mass is 16.7. The Morgan fingerprint density at radius 3 is 2.48 bits per heavy atom. The molecule has 1 heterocycles. The highest BCUT2D eigenvalue weighted by Gasteiger charge is 2.18. The van der Waals surface area contributed by atoms with Crippen molar-refractivity contribution in [2.75, 3.05) is 0 Å². The Bertz CT molecular complexity index is 823. The standard InChI is InChI=1S/C20H18N2O3/c23-19-11-5-4-8-17(19)15-22(25-18-9-2-1-3-10-18)20(24)13-16-7-6-12-21-14-16/h1-12,14,23H,13,15H2. The fourth-order valence-corrected chi connectivity index (χ4v) is 2.34. The lowest BCUT2D eigenvalue weighted by atomic mass is 10.1. The van der Waals surface area contributed by atoms with Gasteiger partial charge in [-0.05, 0) is 29.8 Å². The van der Waals surface area contributed by atoms with Crippen LogP contribution in [0.1, 0.15) is 11.1 Å². The van der Waals surface area contributed by atoms with Crippen molar-refractivity contribution < 1.29 is 14.7 Å². The van der Waals surface area contributed by atoms with E-state index in [1.165, 1.54) is 5.06 Å². The van der Waals surface area contributed by atoms with Gasteiger partial charge >= 0.3 is 0 Å². The van der Waals surface area contributed by atoms with Crippen LogP contribution in [0.3, 0.4) is 0 Å². The van der Waals surface area contributed by atoms with Crippen LogP contribution in [0.15, 0.2) is 79.1 Å². The van der Waals surface area contributed by atoms with Crippen LogP contribution in [0.4, 0.5) is 0 Å². The molecule has 1 N–H and O–H groups in total. The molecule has 0 fully saturated rings. The minimum atomic E-state index is -0.222. The van der Waals surface area contributed by atoms with Crippen LogP contribution >= 0.6 is 0 Å². The van der Waals surface area contributed by atoms with Crippen LogP contribution in [0.25, 0.3) is 0 Å². The van der Waals surface area contributed by atoms with Gasteiger partial charge in [0, 0.05) is 18.0 Å². The third-order valence-electron chi connectivity index (χ3n) is 3.62. The maximum absolute atomic E-state index is 12.7. The summed E-state index contributed by atoms with van der Waals surface area (Å²) < 4.78 is 0. The monoisotopic (exact) mass is 334 g/mol. The smallest absolute Gasteiger partial charge is 0.259 e. The van der Waals surface area contributed by atoms with Crippen LogP contribution < -0.4 is 4.84 Å². The van der Waals surface area contributed by atoms with Crippen molar-refractivity contribution in [2.24, 2.45) is 0 Å². The topological polar surface area (TPSA) is 62.7 Å². The molecule has 0 radical (unpaired) electrons. The lowest BCUT2D eigenvalue weighted by Crippen LogP contribution is -2.35. The molecular weight excluding hydrogens is 316 g/mol. The summed E-state index contributed by atoms with van der Waals surface area (Å²) in [5.74, 6) is 0.455. The molecule has 0 aliphatic heterocycles. The summed E-state index contributed by atoms with van der Waals surface area (Å²) in [5, 5.41) is 11.3. The largest absolute Gasteiger partial charge is 0.508 e. The van der Waals surface area contributed by atoms with E-state index in [2.05, 4.69) is 4.98 Å². The van der Waals surface area contributed by atoms with Crippen molar-refractivity contribution in [1.82, 2.24) is 10.0 Å². The van der Waals surface area contributed by atoms with Crippen LogP contribution in [0.2, 0.25) is 0 Å². The molecular formula is C20H18N2O3. The van der Waals surface area contributed by atoms with E-state index >= 15 is 0 Å². The van der Waals surface area contributed by atoms with Crippen molar-refractivity contribution in [3.8, 4) is 11.5 Å². The molecule has 1 aromatic heterocycles.